The molecule has 21 nitrogen and oxygen atoms in total. The number of aliphatic hydroxyl groups is 1. The zero-order valence-corrected chi connectivity index (χ0v) is 44.1. The number of carboxylic acid groups (broad SMARTS) is 1. The van der Waals surface area contributed by atoms with Crippen molar-refractivity contribution in [2.24, 2.45) is 5.92 Å². The Balaban J connectivity index is 0.00000101. The first-order valence-electron chi connectivity index (χ1n) is 25.7. The molecule has 1 aliphatic carbocycles. The fraction of sp³-hybridized carbons (Fsp3) is 0.444. The number of aliphatic carboxylic acids is 1. The Morgan fingerprint density at radius 1 is 0.937 bits per heavy atom. The molecule has 79 heavy (non-hydrogen) atoms. The SMILES string of the molecule is CC[C@@]1(O)C(=O)OCc2c1cc1n(c2=O)Cc2cc3c(CN(C)C)c(OC(=O)N4CCN(C(=O)C5CCN(c6ccc(C(=O)NC7CCC(Oc8ccc(C#N)c(Cl)c8)CC7)nn6)CC5)CC4)ccc3nc2-1.O=C(O)C(F)(F)F. The van der Waals surface area contributed by atoms with Gasteiger partial charge in [-0.3, -0.25) is 14.4 Å². The van der Waals surface area contributed by atoms with E-state index in [1.54, 1.807) is 64.9 Å². The second-order valence-electron chi connectivity index (χ2n) is 20.3. The van der Waals surface area contributed by atoms with Gasteiger partial charge in [0, 0.05) is 85.9 Å². The van der Waals surface area contributed by atoms with Gasteiger partial charge in [-0.2, -0.15) is 18.4 Å². The maximum atomic E-state index is 13.8. The number of esters is 1. The number of piperazine rings is 1. The molecule has 25 heteroatoms. The molecule has 3 amide bonds. The lowest BCUT2D eigenvalue weighted by Crippen LogP contribution is -2.53. The normalized spacial score (nSPS) is 20.0. The molecule has 0 bridgehead atoms. The van der Waals surface area contributed by atoms with Gasteiger partial charge in [-0.15, -0.1) is 10.2 Å². The van der Waals surface area contributed by atoms with Gasteiger partial charge in [-0.25, -0.2) is 19.4 Å². The summed E-state index contributed by atoms with van der Waals surface area (Å²) >= 11 is 6.16. The van der Waals surface area contributed by atoms with E-state index < -0.39 is 29.8 Å². The average molecular weight is 1110 g/mol. The number of alkyl halides is 3. The van der Waals surface area contributed by atoms with Crippen molar-refractivity contribution < 1.29 is 61.6 Å². The van der Waals surface area contributed by atoms with Crippen LogP contribution in [-0.2, 0) is 44.4 Å². The number of amides is 3. The zero-order valence-electron chi connectivity index (χ0n) is 43.3. The zero-order chi connectivity index (χ0) is 56.5. The first-order valence-corrected chi connectivity index (χ1v) is 26.1. The molecule has 2 aromatic carbocycles. The highest BCUT2D eigenvalue weighted by Crippen LogP contribution is 2.40. The van der Waals surface area contributed by atoms with Crippen molar-refractivity contribution in [2.75, 3.05) is 58.3 Å². The molecule has 10 rings (SSSR count). The number of benzene rings is 2. The number of nitrogens with one attached hydrogen (secondary N) is 1. The van der Waals surface area contributed by atoms with Crippen molar-refractivity contribution in [3.8, 4) is 29.0 Å². The van der Waals surface area contributed by atoms with E-state index in [-0.39, 0.29) is 71.8 Å². The number of carbonyl (C=O) groups excluding carboxylic acids is 4. The Morgan fingerprint density at radius 2 is 1.63 bits per heavy atom. The summed E-state index contributed by atoms with van der Waals surface area (Å²) < 4.78 is 50.7. The molecule has 1 saturated carbocycles. The van der Waals surface area contributed by atoms with Crippen LogP contribution in [0.5, 0.6) is 11.5 Å². The molecular weight excluding hydrogens is 1060 g/mol. The largest absolute Gasteiger partial charge is 0.490 e. The lowest BCUT2D eigenvalue weighted by Gasteiger charge is -2.38. The van der Waals surface area contributed by atoms with Gasteiger partial charge in [0.2, 0.25) is 5.91 Å². The molecular formula is C54H56ClF3N10O11. The minimum absolute atomic E-state index is 0.0133. The minimum atomic E-state index is -5.08. The van der Waals surface area contributed by atoms with Gasteiger partial charge in [-0.05, 0) is 108 Å². The molecule has 3 N–H and O–H groups in total. The van der Waals surface area contributed by atoms with Gasteiger partial charge < -0.3 is 53.9 Å². The first-order chi connectivity index (χ1) is 37.6. The van der Waals surface area contributed by atoms with Crippen LogP contribution in [-0.4, -0.2) is 146 Å². The Hall–Kier alpha value is -7.88. The summed E-state index contributed by atoms with van der Waals surface area (Å²) in [6.07, 6.45) is -1.29. The van der Waals surface area contributed by atoms with Crippen LogP contribution in [0.1, 0.15) is 90.2 Å². The summed E-state index contributed by atoms with van der Waals surface area (Å²) in [5.74, 6) is -2.27. The summed E-state index contributed by atoms with van der Waals surface area (Å²) in [4.78, 5) is 88.4. The molecule has 0 spiro atoms. The Labute approximate surface area is 455 Å². The number of hydrogen-bond donors (Lipinski definition) is 3. The Bertz CT molecular complexity index is 3310. The fourth-order valence-corrected chi connectivity index (χ4v) is 10.8. The number of rotatable bonds is 10. The molecule has 416 valence electrons. The molecule has 2 saturated heterocycles. The van der Waals surface area contributed by atoms with Crippen molar-refractivity contribution in [3.63, 3.8) is 0 Å². The van der Waals surface area contributed by atoms with Crippen LogP contribution < -0.4 is 25.2 Å². The van der Waals surface area contributed by atoms with Crippen molar-refractivity contribution in [1.82, 2.24) is 39.8 Å². The lowest BCUT2D eigenvalue weighted by molar-refractivity contribution is -0.192. The highest BCUT2D eigenvalue weighted by Gasteiger charge is 2.46. The van der Waals surface area contributed by atoms with Crippen molar-refractivity contribution in [3.05, 3.63) is 103 Å². The van der Waals surface area contributed by atoms with Gasteiger partial charge in [0.05, 0.1) is 45.7 Å². The number of aromatic nitrogens is 4. The number of carboxylic acids is 1. The molecule has 5 aromatic rings. The highest BCUT2D eigenvalue weighted by molar-refractivity contribution is 6.31. The van der Waals surface area contributed by atoms with Crippen molar-refractivity contribution in [1.29, 1.82) is 5.26 Å². The standard InChI is InChI=1S/C52H55ClN10O9.C2HF3O2/c1-4-52(69)39-25-43-46-32(27-63(43)49(66)38(39)29-70-50(52)67)23-36-37(28-59(2)3)44(13-11-41(36)56-46)72-51(68)62-21-19-61(20-22-62)48(65)30-15-17-60(18-16-30)45-14-12-42(57-58-45)47(64)55-33-6-9-34(10-7-33)71-35-8-5-31(26-54)40(53)24-35;3-2(4,5)1(6)7/h5,8,11-14,23-25,30,33-34,69H,4,6-7,9-10,15-22,27-29H2,1-3H3,(H,55,64);(H,6,7)/t33?,34?,52-;/m0./s1. The van der Waals surface area contributed by atoms with Gasteiger partial charge >= 0.3 is 24.2 Å². The smallest absolute Gasteiger partial charge is 0.490 e. The lowest BCUT2D eigenvalue weighted by atomic mass is 9.86. The van der Waals surface area contributed by atoms with Crippen LogP contribution in [0, 0.1) is 17.2 Å². The molecule has 4 aliphatic heterocycles. The van der Waals surface area contributed by atoms with Crippen LogP contribution in [0.3, 0.4) is 0 Å². The molecule has 7 heterocycles. The highest BCUT2D eigenvalue weighted by atomic mass is 35.5. The van der Waals surface area contributed by atoms with Gasteiger partial charge in [0.1, 0.15) is 24.2 Å². The van der Waals surface area contributed by atoms with Crippen LogP contribution in [0.15, 0.2) is 59.4 Å². The summed E-state index contributed by atoms with van der Waals surface area (Å²) in [7, 11) is 3.84. The predicted octanol–water partition coefficient (Wildman–Crippen LogP) is 5.77. The molecule has 3 aromatic heterocycles. The van der Waals surface area contributed by atoms with Gasteiger partial charge in [0.25, 0.3) is 11.5 Å². The summed E-state index contributed by atoms with van der Waals surface area (Å²) in [6, 6.07) is 17.7. The van der Waals surface area contributed by atoms with Crippen LogP contribution in [0.25, 0.3) is 22.3 Å². The maximum Gasteiger partial charge on any atom is 0.490 e. The number of cyclic esters (lactones) is 1. The van der Waals surface area contributed by atoms with Crippen molar-refractivity contribution >= 4 is 58.2 Å². The third-order valence-corrected chi connectivity index (χ3v) is 15.3. The fourth-order valence-electron chi connectivity index (χ4n) is 10.6. The van der Waals surface area contributed by atoms with E-state index in [1.165, 1.54) is 0 Å². The number of hydrogen-bond acceptors (Lipinski definition) is 16. The molecule has 5 aliphatic rings. The van der Waals surface area contributed by atoms with Crippen molar-refractivity contribution in [2.45, 2.75) is 95.5 Å². The number of carbonyl (C=O) groups is 5. The first kappa shape index (κ1) is 55.9. The molecule has 0 unspecified atom stereocenters. The third-order valence-electron chi connectivity index (χ3n) is 14.9. The second-order valence-corrected chi connectivity index (χ2v) is 20.7. The quantitative estimate of drug-likeness (QED) is 0.138. The number of nitrogens with zero attached hydrogens (tertiary/aromatic N) is 9. The minimum Gasteiger partial charge on any atom is -0.490 e. The van der Waals surface area contributed by atoms with Crippen LogP contribution in [0.2, 0.25) is 5.02 Å². The predicted molar refractivity (Wildman–Crippen MR) is 277 cm³/mol. The Kier molecular flexibility index (Phi) is 16.1. The van der Waals surface area contributed by atoms with Crippen LogP contribution >= 0.6 is 11.6 Å². The number of pyridine rings is 2. The second kappa shape index (κ2) is 22.8. The molecule has 0 radical (unpaired) electrons. The number of anilines is 1. The maximum absolute atomic E-state index is 13.8. The van der Waals surface area contributed by atoms with E-state index in [0.717, 1.165) is 42.2 Å². The van der Waals surface area contributed by atoms with Gasteiger partial charge in [-0.1, -0.05) is 18.5 Å². The van der Waals surface area contributed by atoms with E-state index in [0.29, 0.717) is 103 Å². The number of ether oxygens (including phenoxy) is 3. The van der Waals surface area contributed by atoms with E-state index in [4.69, 9.17) is 46.0 Å². The molecule has 1 atom stereocenters. The number of nitriles is 1. The van der Waals surface area contributed by atoms with E-state index in [1.807, 2.05) is 36.0 Å². The summed E-state index contributed by atoms with van der Waals surface area (Å²) in [5.41, 5.74) is 2.11. The topological polar surface area (TPSA) is 263 Å². The number of piperidine rings is 1. The van der Waals surface area contributed by atoms with E-state index in [9.17, 15) is 42.3 Å². The van der Waals surface area contributed by atoms with E-state index in [2.05, 4.69) is 20.4 Å². The van der Waals surface area contributed by atoms with Gasteiger partial charge in [0.15, 0.2) is 17.1 Å². The number of halogens is 4. The number of fused-ring (bicyclic) bond motifs is 5. The Morgan fingerprint density at radius 3 is 2.25 bits per heavy atom. The summed E-state index contributed by atoms with van der Waals surface area (Å²) in [6.45, 7) is 4.72. The third kappa shape index (κ3) is 11.8. The van der Waals surface area contributed by atoms with E-state index >= 15 is 0 Å². The summed E-state index contributed by atoms with van der Waals surface area (Å²) in [5, 5.41) is 40.3. The molecule has 3 fully saturated rings. The average Bonchev–Trinajstić information content (AvgIpc) is 4.04. The monoisotopic (exact) mass is 1110 g/mol. The van der Waals surface area contributed by atoms with Crippen LogP contribution in [0.4, 0.5) is 23.8 Å².